The van der Waals surface area contributed by atoms with Gasteiger partial charge in [-0.05, 0) is 18.9 Å². The van der Waals surface area contributed by atoms with Crippen molar-refractivity contribution in [3.63, 3.8) is 0 Å². The van der Waals surface area contributed by atoms with Crippen LogP contribution in [0.4, 0.5) is 23.0 Å². The van der Waals surface area contributed by atoms with Gasteiger partial charge in [0.1, 0.15) is 5.82 Å². The zero-order chi connectivity index (χ0) is 22.3. The summed E-state index contributed by atoms with van der Waals surface area (Å²) in [5.74, 6) is 1.43. The third-order valence-corrected chi connectivity index (χ3v) is 6.10. The van der Waals surface area contributed by atoms with Gasteiger partial charge < -0.3 is 30.3 Å². The van der Waals surface area contributed by atoms with E-state index in [0.717, 1.165) is 45.0 Å². The van der Waals surface area contributed by atoms with Crippen LogP contribution in [-0.2, 0) is 9.53 Å². The van der Waals surface area contributed by atoms with E-state index in [-0.39, 0.29) is 23.1 Å². The lowest BCUT2D eigenvalue weighted by atomic mass is 9.78. The number of pyridine rings is 2. The van der Waals surface area contributed by atoms with E-state index >= 15 is 0 Å². The summed E-state index contributed by atoms with van der Waals surface area (Å²) in [6.45, 7) is 3.31. The van der Waals surface area contributed by atoms with E-state index in [4.69, 9.17) is 9.47 Å². The van der Waals surface area contributed by atoms with E-state index in [1.165, 1.54) is 6.20 Å². The van der Waals surface area contributed by atoms with Crippen molar-refractivity contribution in [2.75, 3.05) is 56.0 Å². The summed E-state index contributed by atoms with van der Waals surface area (Å²) in [5, 5.41) is 8.74. The van der Waals surface area contributed by atoms with Crippen molar-refractivity contribution in [2.45, 2.75) is 12.8 Å². The highest BCUT2D eigenvalue weighted by Crippen LogP contribution is 2.44. The number of hydrogen-bond acceptors (Lipinski definition) is 8. The number of methoxy groups -OCH3 is 1. The van der Waals surface area contributed by atoms with E-state index in [0.29, 0.717) is 28.5 Å². The molecule has 2 amide bonds. The summed E-state index contributed by atoms with van der Waals surface area (Å²) in [4.78, 5) is 35.5. The number of anilines is 4. The van der Waals surface area contributed by atoms with Crippen molar-refractivity contribution in [2.24, 2.45) is 11.3 Å². The predicted molar refractivity (Wildman–Crippen MR) is 119 cm³/mol. The molecule has 3 aliphatic rings. The zero-order valence-electron chi connectivity index (χ0n) is 18.1. The molecule has 2 aromatic rings. The number of hydrogen-bond donors (Lipinski definition) is 3. The van der Waals surface area contributed by atoms with Crippen LogP contribution in [0.15, 0.2) is 24.5 Å². The number of amides is 2. The second-order valence-electron chi connectivity index (χ2n) is 8.65. The quantitative estimate of drug-likeness (QED) is 0.599. The van der Waals surface area contributed by atoms with Crippen LogP contribution in [-0.4, -0.2) is 62.2 Å². The first kappa shape index (κ1) is 20.5. The molecule has 10 nitrogen and oxygen atoms in total. The van der Waals surface area contributed by atoms with Gasteiger partial charge >= 0.3 is 0 Å². The first-order valence-corrected chi connectivity index (χ1v) is 10.7. The molecular formula is C22H26N6O4. The van der Waals surface area contributed by atoms with Crippen LogP contribution < -0.4 is 25.6 Å². The van der Waals surface area contributed by atoms with Crippen molar-refractivity contribution in [3.05, 3.63) is 30.1 Å². The molecule has 5 rings (SSSR count). The Bertz CT molecular complexity index is 1060. The monoisotopic (exact) mass is 438 g/mol. The summed E-state index contributed by atoms with van der Waals surface area (Å²) in [6, 6.07) is 3.45. The Morgan fingerprint density at radius 2 is 2.00 bits per heavy atom. The van der Waals surface area contributed by atoms with Crippen molar-refractivity contribution in [1.82, 2.24) is 15.3 Å². The first-order chi connectivity index (χ1) is 15.5. The molecule has 10 heteroatoms. The fourth-order valence-corrected chi connectivity index (χ4v) is 4.11. The lowest BCUT2D eigenvalue weighted by molar-refractivity contribution is -0.127. The summed E-state index contributed by atoms with van der Waals surface area (Å²) >= 11 is 0. The molecule has 32 heavy (non-hydrogen) atoms. The molecule has 3 fully saturated rings. The van der Waals surface area contributed by atoms with Crippen LogP contribution in [0, 0.1) is 11.3 Å². The number of rotatable bonds is 7. The minimum atomic E-state index is -0.289. The van der Waals surface area contributed by atoms with Crippen LogP contribution in [0.1, 0.15) is 23.2 Å². The maximum atomic E-state index is 12.4. The molecule has 0 atom stereocenters. The van der Waals surface area contributed by atoms with E-state index in [9.17, 15) is 9.59 Å². The number of nitrogens with zero attached hydrogens (tertiary/aromatic N) is 3. The molecule has 2 saturated heterocycles. The van der Waals surface area contributed by atoms with E-state index < -0.39 is 0 Å². The first-order valence-electron chi connectivity index (χ1n) is 10.7. The second kappa shape index (κ2) is 7.94. The molecule has 0 bridgehead atoms. The highest BCUT2D eigenvalue weighted by molar-refractivity contribution is 6.01. The smallest absolute Gasteiger partial charge is 0.254 e. The molecule has 0 unspecified atom stereocenters. The highest BCUT2D eigenvalue weighted by atomic mass is 16.5. The number of nitrogens with one attached hydrogen (secondary N) is 3. The largest absolute Gasteiger partial charge is 0.491 e. The molecule has 3 N–H and O–H groups in total. The van der Waals surface area contributed by atoms with Crippen molar-refractivity contribution in [3.8, 4) is 5.75 Å². The Kier molecular flexibility index (Phi) is 5.09. The molecule has 1 saturated carbocycles. The van der Waals surface area contributed by atoms with Gasteiger partial charge in [0.25, 0.3) is 5.91 Å². The lowest BCUT2D eigenvalue weighted by Gasteiger charge is -2.55. The van der Waals surface area contributed by atoms with Crippen LogP contribution in [0.2, 0.25) is 0 Å². The lowest BCUT2D eigenvalue weighted by Crippen LogP contribution is -2.66. The number of aromatic nitrogens is 2. The maximum absolute atomic E-state index is 12.4. The minimum Gasteiger partial charge on any atom is -0.491 e. The highest BCUT2D eigenvalue weighted by Gasteiger charge is 2.50. The standard InChI is InChI=1S/C22H26N6O4/c1-23-21(30)14-8-25-17(27-20(29)13-3-4-13)7-16(14)26-15-5-6-24-19(18(15)31-2)28-9-22(10-28)11-32-12-22/h5-8,13H,3-4,9-12H2,1-2H3,(H,23,30)(H2,24,25,26,27,29). The van der Waals surface area contributed by atoms with Gasteiger partial charge in [-0.25, -0.2) is 9.97 Å². The Morgan fingerprint density at radius 1 is 1.22 bits per heavy atom. The van der Waals surface area contributed by atoms with Crippen LogP contribution in [0.5, 0.6) is 5.75 Å². The van der Waals surface area contributed by atoms with Gasteiger partial charge in [-0.3, -0.25) is 9.59 Å². The van der Waals surface area contributed by atoms with Gasteiger partial charge in [0.05, 0.1) is 42.7 Å². The predicted octanol–water partition coefficient (Wildman–Crippen LogP) is 1.77. The summed E-state index contributed by atoms with van der Waals surface area (Å²) in [6.07, 6.45) is 4.95. The number of carbonyl (C=O) groups is 2. The second-order valence-corrected chi connectivity index (χ2v) is 8.65. The normalized spacial score (nSPS) is 18.4. The van der Waals surface area contributed by atoms with Crippen LogP contribution >= 0.6 is 0 Å². The Morgan fingerprint density at radius 3 is 2.62 bits per heavy atom. The fourth-order valence-electron chi connectivity index (χ4n) is 4.11. The van der Waals surface area contributed by atoms with Gasteiger partial charge in [-0.1, -0.05) is 0 Å². The number of carbonyl (C=O) groups excluding carboxylic acids is 2. The average Bonchev–Trinajstić information content (AvgIpc) is 3.57. The molecule has 1 spiro atoms. The third kappa shape index (κ3) is 3.70. The van der Waals surface area contributed by atoms with Crippen molar-refractivity contribution < 1.29 is 19.1 Å². The molecular weight excluding hydrogens is 412 g/mol. The average molecular weight is 438 g/mol. The molecule has 2 aromatic heterocycles. The van der Waals surface area contributed by atoms with E-state index in [1.807, 2.05) is 0 Å². The molecule has 0 aromatic carbocycles. The van der Waals surface area contributed by atoms with Gasteiger partial charge in [-0.15, -0.1) is 0 Å². The summed E-state index contributed by atoms with van der Waals surface area (Å²) in [7, 11) is 3.16. The van der Waals surface area contributed by atoms with Gasteiger partial charge in [-0.2, -0.15) is 0 Å². The van der Waals surface area contributed by atoms with Gasteiger partial charge in [0.2, 0.25) is 5.91 Å². The van der Waals surface area contributed by atoms with Gasteiger partial charge in [0.15, 0.2) is 11.6 Å². The van der Waals surface area contributed by atoms with E-state index in [1.54, 1.807) is 32.5 Å². The third-order valence-electron chi connectivity index (χ3n) is 6.10. The maximum Gasteiger partial charge on any atom is 0.254 e. The fraction of sp³-hybridized carbons (Fsp3) is 0.455. The zero-order valence-corrected chi connectivity index (χ0v) is 18.1. The summed E-state index contributed by atoms with van der Waals surface area (Å²) < 4.78 is 11.1. The van der Waals surface area contributed by atoms with Gasteiger partial charge in [0, 0.05) is 44.5 Å². The Balaban J connectivity index is 1.43. The van der Waals surface area contributed by atoms with E-state index in [2.05, 4.69) is 30.8 Å². The molecule has 2 aliphatic heterocycles. The topological polar surface area (TPSA) is 118 Å². The molecule has 1 aliphatic carbocycles. The van der Waals surface area contributed by atoms with Crippen LogP contribution in [0.25, 0.3) is 0 Å². The number of ether oxygens (including phenoxy) is 2. The minimum absolute atomic E-state index is 0.0494. The van der Waals surface area contributed by atoms with Crippen molar-refractivity contribution in [1.29, 1.82) is 0 Å². The molecule has 4 heterocycles. The Hall–Kier alpha value is -3.40. The summed E-state index contributed by atoms with van der Waals surface area (Å²) in [5.41, 5.74) is 1.77. The molecule has 168 valence electrons. The SMILES string of the molecule is CNC(=O)c1cnc(NC(=O)C2CC2)cc1Nc1ccnc(N2CC3(COC3)C2)c1OC. The Labute approximate surface area is 185 Å². The molecule has 0 radical (unpaired) electrons. The van der Waals surface area contributed by atoms with Crippen LogP contribution in [0.3, 0.4) is 0 Å². The van der Waals surface area contributed by atoms with Crippen molar-refractivity contribution >= 4 is 34.8 Å².